The van der Waals surface area contributed by atoms with Gasteiger partial charge in [-0.2, -0.15) is 0 Å². The maximum atomic E-state index is 11.6. The standard InChI is InChI=1S/C22H33NO4/c24-18-10-9-17-23-21(25)12-8-6-4-2-1-3-5-7-11-19-13-15-20(16-14-19)22(26)27/h13-16,18H,1-12,17H2,(H,23,25)(H,26,27). The summed E-state index contributed by atoms with van der Waals surface area (Å²) in [6.07, 6.45) is 12.9. The second-order valence-corrected chi connectivity index (χ2v) is 6.99. The molecule has 1 rings (SSSR count). The Balaban J connectivity index is 1.89. The van der Waals surface area contributed by atoms with Crippen molar-refractivity contribution in [2.45, 2.75) is 77.0 Å². The molecule has 0 aliphatic rings. The van der Waals surface area contributed by atoms with Gasteiger partial charge in [-0.15, -0.1) is 0 Å². The number of carbonyl (C=O) groups excluding carboxylic acids is 2. The van der Waals surface area contributed by atoms with Crippen molar-refractivity contribution < 1.29 is 19.5 Å². The van der Waals surface area contributed by atoms with Gasteiger partial charge in [0, 0.05) is 19.4 Å². The van der Waals surface area contributed by atoms with Crippen molar-refractivity contribution in [2.24, 2.45) is 0 Å². The van der Waals surface area contributed by atoms with Crippen LogP contribution in [-0.4, -0.2) is 29.8 Å². The van der Waals surface area contributed by atoms with Gasteiger partial charge in [-0.1, -0.05) is 50.7 Å². The summed E-state index contributed by atoms with van der Waals surface area (Å²) in [5.41, 5.74) is 1.54. The van der Waals surface area contributed by atoms with Crippen LogP contribution in [0.1, 0.15) is 86.6 Å². The summed E-state index contributed by atoms with van der Waals surface area (Å²) in [4.78, 5) is 32.5. The maximum Gasteiger partial charge on any atom is 0.335 e. The fraction of sp³-hybridized carbons (Fsp3) is 0.591. The Morgan fingerprint density at radius 2 is 1.44 bits per heavy atom. The third-order valence-corrected chi connectivity index (χ3v) is 4.64. The summed E-state index contributed by atoms with van der Waals surface area (Å²) in [6.45, 7) is 0.598. The Morgan fingerprint density at radius 1 is 0.852 bits per heavy atom. The van der Waals surface area contributed by atoms with Gasteiger partial charge in [-0.05, 0) is 43.4 Å². The van der Waals surface area contributed by atoms with E-state index in [4.69, 9.17) is 5.11 Å². The average molecular weight is 376 g/mol. The molecule has 5 heteroatoms. The second-order valence-electron chi connectivity index (χ2n) is 6.99. The molecule has 2 N–H and O–H groups in total. The molecule has 0 saturated carbocycles. The van der Waals surface area contributed by atoms with Gasteiger partial charge < -0.3 is 15.2 Å². The Labute approximate surface area is 162 Å². The lowest BCUT2D eigenvalue weighted by molar-refractivity contribution is -0.121. The number of aryl methyl sites for hydroxylation is 1. The fourth-order valence-corrected chi connectivity index (χ4v) is 2.99. The van der Waals surface area contributed by atoms with Crippen molar-refractivity contribution in [1.82, 2.24) is 5.32 Å². The number of carboxylic acid groups (broad SMARTS) is 1. The Bertz CT molecular complexity index is 554. The van der Waals surface area contributed by atoms with Crippen LogP contribution >= 0.6 is 0 Å². The molecule has 1 aromatic rings. The van der Waals surface area contributed by atoms with Crippen LogP contribution in [0.2, 0.25) is 0 Å². The first kappa shape index (κ1) is 22.9. The molecule has 1 amide bonds. The number of hydrogen-bond acceptors (Lipinski definition) is 3. The predicted molar refractivity (Wildman–Crippen MR) is 107 cm³/mol. The van der Waals surface area contributed by atoms with Crippen LogP contribution in [-0.2, 0) is 16.0 Å². The molecule has 0 atom stereocenters. The molecule has 0 fully saturated rings. The van der Waals surface area contributed by atoms with Crippen LogP contribution in [0.5, 0.6) is 0 Å². The number of aldehydes is 1. The van der Waals surface area contributed by atoms with E-state index in [1.165, 1.54) is 37.7 Å². The Hall–Kier alpha value is -2.17. The number of carboxylic acids is 1. The lowest BCUT2D eigenvalue weighted by Gasteiger charge is -2.05. The summed E-state index contributed by atoms with van der Waals surface area (Å²) in [6, 6.07) is 7.15. The van der Waals surface area contributed by atoms with Gasteiger partial charge in [0.25, 0.3) is 0 Å². The van der Waals surface area contributed by atoms with E-state index in [1.54, 1.807) is 12.1 Å². The molecule has 150 valence electrons. The summed E-state index contributed by atoms with van der Waals surface area (Å²) < 4.78 is 0. The molecule has 1 aromatic carbocycles. The van der Waals surface area contributed by atoms with Gasteiger partial charge in [0.05, 0.1) is 5.56 Å². The summed E-state index contributed by atoms with van der Waals surface area (Å²) in [7, 11) is 0. The molecule has 0 saturated heterocycles. The minimum Gasteiger partial charge on any atom is -0.478 e. The molecule has 5 nitrogen and oxygen atoms in total. The summed E-state index contributed by atoms with van der Waals surface area (Å²) in [5.74, 6) is -0.783. The molecule has 0 heterocycles. The van der Waals surface area contributed by atoms with E-state index < -0.39 is 5.97 Å². The number of nitrogens with one attached hydrogen (secondary N) is 1. The van der Waals surface area contributed by atoms with Crippen molar-refractivity contribution in [3.63, 3.8) is 0 Å². The summed E-state index contributed by atoms with van der Waals surface area (Å²) >= 11 is 0. The van der Waals surface area contributed by atoms with Gasteiger partial charge in [0.2, 0.25) is 5.91 Å². The minimum absolute atomic E-state index is 0.0947. The average Bonchev–Trinajstić information content (AvgIpc) is 2.67. The summed E-state index contributed by atoms with van der Waals surface area (Å²) in [5, 5.41) is 11.7. The van der Waals surface area contributed by atoms with Crippen molar-refractivity contribution in [1.29, 1.82) is 0 Å². The van der Waals surface area contributed by atoms with Gasteiger partial charge >= 0.3 is 5.97 Å². The molecule has 0 aliphatic heterocycles. The highest BCUT2D eigenvalue weighted by molar-refractivity contribution is 5.87. The largest absolute Gasteiger partial charge is 0.478 e. The van der Waals surface area contributed by atoms with Gasteiger partial charge in [0.15, 0.2) is 0 Å². The van der Waals surface area contributed by atoms with E-state index in [0.717, 1.165) is 38.4 Å². The maximum absolute atomic E-state index is 11.6. The monoisotopic (exact) mass is 375 g/mol. The van der Waals surface area contributed by atoms with Crippen LogP contribution in [0.3, 0.4) is 0 Å². The Morgan fingerprint density at radius 3 is 2.04 bits per heavy atom. The highest BCUT2D eigenvalue weighted by Gasteiger charge is 2.02. The zero-order valence-corrected chi connectivity index (χ0v) is 16.3. The lowest BCUT2D eigenvalue weighted by Crippen LogP contribution is -2.24. The number of unbranched alkanes of at least 4 members (excludes halogenated alkanes) is 8. The highest BCUT2D eigenvalue weighted by Crippen LogP contribution is 2.12. The lowest BCUT2D eigenvalue weighted by atomic mass is 10.0. The van der Waals surface area contributed by atoms with E-state index in [0.29, 0.717) is 24.9 Å². The molecular weight excluding hydrogens is 342 g/mol. The van der Waals surface area contributed by atoms with Crippen LogP contribution < -0.4 is 5.32 Å². The van der Waals surface area contributed by atoms with Crippen LogP contribution in [0, 0.1) is 0 Å². The smallest absolute Gasteiger partial charge is 0.335 e. The van der Waals surface area contributed by atoms with E-state index in [9.17, 15) is 14.4 Å². The SMILES string of the molecule is O=CCCCNC(=O)CCCCCCCCCCc1ccc(C(=O)O)cc1. The van der Waals surface area contributed by atoms with E-state index in [1.807, 2.05) is 12.1 Å². The molecular formula is C22H33NO4. The van der Waals surface area contributed by atoms with Crippen molar-refractivity contribution in [3.05, 3.63) is 35.4 Å². The normalized spacial score (nSPS) is 10.5. The van der Waals surface area contributed by atoms with Crippen molar-refractivity contribution in [3.8, 4) is 0 Å². The van der Waals surface area contributed by atoms with Crippen LogP contribution in [0.4, 0.5) is 0 Å². The number of benzene rings is 1. The predicted octanol–water partition coefficient (Wildman–Crippen LogP) is 4.53. The highest BCUT2D eigenvalue weighted by atomic mass is 16.4. The quantitative estimate of drug-likeness (QED) is 0.328. The first-order chi connectivity index (χ1) is 13.1. The van der Waals surface area contributed by atoms with Crippen LogP contribution in [0.25, 0.3) is 0 Å². The number of hydrogen-bond donors (Lipinski definition) is 2. The molecule has 0 aliphatic carbocycles. The van der Waals surface area contributed by atoms with E-state index >= 15 is 0 Å². The molecule has 0 aromatic heterocycles. The van der Waals surface area contributed by atoms with E-state index in [-0.39, 0.29) is 5.91 Å². The van der Waals surface area contributed by atoms with Gasteiger partial charge in [-0.25, -0.2) is 4.79 Å². The van der Waals surface area contributed by atoms with Crippen LogP contribution in [0.15, 0.2) is 24.3 Å². The number of carbonyl (C=O) groups is 3. The van der Waals surface area contributed by atoms with Crippen molar-refractivity contribution in [2.75, 3.05) is 6.54 Å². The number of aromatic carboxylic acids is 1. The topological polar surface area (TPSA) is 83.5 Å². The number of rotatable bonds is 16. The third-order valence-electron chi connectivity index (χ3n) is 4.64. The fourth-order valence-electron chi connectivity index (χ4n) is 2.99. The minimum atomic E-state index is -0.878. The molecule has 0 unspecified atom stereocenters. The Kier molecular flexibility index (Phi) is 12.7. The third kappa shape index (κ3) is 11.9. The zero-order valence-electron chi connectivity index (χ0n) is 16.3. The molecule has 0 radical (unpaired) electrons. The van der Waals surface area contributed by atoms with Gasteiger partial charge in [-0.3, -0.25) is 4.79 Å². The first-order valence-electron chi connectivity index (χ1n) is 10.2. The van der Waals surface area contributed by atoms with Crippen molar-refractivity contribution >= 4 is 18.2 Å². The van der Waals surface area contributed by atoms with Gasteiger partial charge in [0.1, 0.15) is 6.29 Å². The molecule has 0 bridgehead atoms. The first-order valence-corrected chi connectivity index (χ1v) is 10.2. The zero-order chi connectivity index (χ0) is 19.7. The molecule has 0 spiro atoms. The number of amides is 1. The second kappa shape index (κ2) is 14.9. The van der Waals surface area contributed by atoms with E-state index in [2.05, 4.69) is 5.32 Å². The molecule has 27 heavy (non-hydrogen) atoms.